The lowest BCUT2D eigenvalue weighted by Gasteiger charge is -2.15. The number of benzene rings is 1. The first kappa shape index (κ1) is 16.5. The monoisotopic (exact) mass is 354 g/mol. The molecular formula is C17H11ClN4O3. The largest absolute Gasteiger partial charge is 0.506 e. The van der Waals surface area contributed by atoms with Crippen LogP contribution < -0.4 is 4.90 Å². The molecule has 2 aromatic heterocycles. The number of hydrogen-bond acceptors (Lipinski definition) is 5. The van der Waals surface area contributed by atoms with Gasteiger partial charge in [0.05, 0.1) is 16.8 Å². The summed E-state index contributed by atoms with van der Waals surface area (Å²) in [5, 5.41) is 23.4. The van der Waals surface area contributed by atoms with Crippen molar-refractivity contribution in [3.8, 4) is 11.8 Å². The van der Waals surface area contributed by atoms with Crippen molar-refractivity contribution in [1.82, 2.24) is 9.61 Å². The van der Waals surface area contributed by atoms with Gasteiger partial charge in [-0.3, -0.25) is 14.5 Å². The minimum atomic E-state index is -0.497. The van der Waals surface area contributed by atoms with E-state index in [1.807, 2.05) is 6.07 Å². The van der Waals surface area contributed by atoms with Gasteiger partial charge in [0.2, 0.25) is 0 Å². The lowest BCUT2D eigenvalue weighted by Crippen LogP contribution is -2.28. The van der Waals surface area contributed by atoms with Crippen LogP contribution >= 0.6 is 11.6 Å². The minimum Gasteiger partial charge on any atom is -0.506 e. The van der Waals surface area contributed by atoms with Crippen LogP contribution in [0.25, 0.3) is 5.52 Å². The van der Waals surface area contributed by atoms with E-state index in [1.165, 1.54) is 40.9 Å². The molecule has 0 fully saturated rings. The summed E-state index contributed by atoms with van der Waals surface area (Å²) in [6, 6.07) is 9.59. The Morgan fingerprint density at radius 2 is 2.16 bits per heavy atom. The first-order valence-electron chi connectivity index (χ1n) is 7.11. The van der Waals surface area contributed by atoms with Crippen molar-refractivity contribution >= 4 is 35.1 Å². The van der Waals surface area contributed by atoms with Crippen LogP contribution in [0.3, 0.4) is 0 Å². The van der Waals surface area contributed by atoms with Gasteiger partial charge in [-0.25, -0.2) is 4.52 Å². The van der Waals surface area contributed by atoms with E-state index in [-0.39, 0.29) is 38.8 Å². The third kappa shape index (κ3) is 2.69. The predicted octanol–water partition coefficient (Wildman–Crippen LogP) is 2.65. The summed E-state index contributed by atoms with van der Waals surface area (Å²) < 4.78 is 1.24. The topological polar surface area (TPSA) is 98.7 Å². The van der Waals surface area contributed by atoms with Gasteiger partial charge < -0.3 is 5.11 Å². The molecule has 1 aromatic carbocycles. The van der Waals surface area contributed by atoms with E-state index in [0.717, 1.165) is 0 Å². The van der Waals surface area contributed by atoms with E-state index >= 15 is 0 Å². The predicted molar refractivity (Wildman–Crippen MR) is 91.1 cm³/mol. The Hall–Kier alpha value is -3.37. The van der Waals surface area contributed by atoms with Crippen LogP contribution in [0.5, 0.6) is 5.75 Å². The molecule has 0 unspecified atom stereocenters. The van der Waals surface area contributed by atoms with Crippen LogP contribution in [-0.4, -0.2) is 34.0 Å². The molecule has 0 bridgehead atoms. The lowest BCUT2D eigenvalue weighted by molar-refractivity contribution is 0.0985. The number of pyridine rings is 1. The van der Waals surface area contributed by atoms with Crippen LogP contribution in [-0.2, 0) is 0 Å². The highest BCUT2D eigenvalue weighted by atomic mass is 35.5. The summed E-state index contributed by atoms with van der Waals surface area (Å²) in [5.41, 5.74) is 0.789. The van der Waals surface area contributed by atoms with E-state index in [1.54, 1.807) is 12.1 Å². The first-order valence-corrected chi connectivity index (χ1v) is 7.49. The molecule has 0 aliphatic rings. The standard InChI is InChI=1S/C17H11ClN4O3/c1-21(17(25)12-5-3-2-4-10(12)9-23)16-13(7-19)15-14(18)6-11(24)8-22(15)20-16/h2-6,8-9,24H,1H3. The van der Waals surface area contributed by atoms with Crippen molar-refractivity contribution in [3.05, 3.63) is 58.2 Å². The SMILES string of the molecule is CN(C(=O)c1ccccc1C=O)c1nn2cc(O)cc(Cl)c2c1C#N. The lowest BCUT2D eigenvalue weighted by atomic mass is 10.1. The van der Waals surface area contributed by atoms with Gasteiger partial charge in [-0.05, 0) is 6.07 Å². The Labute approximate surface area is 147 Å². The zero-order valence-corrected chi connectivity index (χ0v) is 13.7. The fourth-order valence-electron chi connectivity index (χ4n) is 2.51. The Balaban J connectivity index is 2.16. The van der Waals surface area contributed by atoms with E-state index in [0.29, 0.717) is 6.29 Å². The molecule has 25 heavy (non-hydrogen) atoms. The van der Waals surface area contributed by atoms with Gasteiger partial charge in [0.15, 0.2) is 12.1 Å². The van der Waals surface area contributed by atoms with Gasteiger partial charge in [-0.15, -0.1) is 5.10 Å². The molecule has 0 spiro atoms. The van der Waals surface area contributed by atoms with Gasteiger partial charge in [-0.1, -0.05) is 29.8 Å². The maximum atomic E-state index is 12.7. The molecule has 0 saturated heterocycles. The maximum absolute atomic E-state index is 12.7. The van der Waals surface area contributed by atoms with Crippen molar-refractivity contribution in [2.45, 2.75) is 0 Å². The van der Waals surface area contributed by atoms with Crippen molar-refractivity contribution in [2.75, 3.05) is 11.9 Å². The van der Waals surface area contributed by atoms with Crippen LogP contribution in [0.1, 0.15) is 26.3 Å². The number of nitriles is 1. The van der Waals surface area contributed by atoms with Crippen LogP contribution in [0.2, 0.25) is 5.02 Å². The summed E-state index contributed by atoms with van der Waals surface area (Å²) in [6.45, 7) is 0. The molecule has 0 saturated carbocycles. The summed E-state index contributed by atoms with van der Waals surface area (Å²) in [4.78, 5) is 25.1. The highest BCUT2D eigenvalue weighted by molar-refractivity contribution is 6.34. The van der Waals surface area contributed by atoms with E-state index < -0.39 is 5.91 Å². The fourth-order valence-corrected chi connectivity index (χ4v) is 2.81. The molecule has 0 radical (unpaired) electrons. The van der Waals surface area contributed by atoms with Crippen molar-refractivity contribution < 1.29 is 14.7 Å². The van der Waals surface area contributed by atoms with Gasteiger partial charge in [0.25, 0.3) is 5.91 Å². The molecule has 0 aliphatic heterocycles. The van der Waals surface area contributed by atoms with Gasteiger partial charge >= 0.3 is 0 Å². The third-order valence-electron chi connectivity index (χ3n) is 3.70. The van der Waals surface area contributed by atoms with Gasteiger partial charge in [0, 0.05) is 18.7 Å². The summed E-state index contributed by atoms with van der Waals surface area (Å²) >= 11 is 6.09. The molecule has 1 N–H and O–H groups in total. The number of halogens is 1. The number of carbonyl (C=O) groups excluding carboxylic acids is 2. The second-order valence-electron chi connectivity index (χ2n) is 5.22. The molecule has 3 aromatic rings. The Morgan fingerprint density at radius 1 is 1.44 bits per heavy atom. The van der Waals surface area contributed by atoms with Crippen LogP contribution in [0, 0.1) is 11.3 Å². The number of aromatic nitrogens is 2. The van der Waals surface area contributed by atoms with Crippen molar-refractivity contribution in [3.63, 3.8) is 0 Å². The molecule has 0 atom stereocenters. The van der Waals surface area contributed by atoms with E-state index in [2.05, 4.69) is 5.10 Å². The van der Waals surface area contributed by atoms with Crippen LogP contribution in [0.4, 0.5) is 5.82 Å². The third-order valence-corrected chi connectivity index (χ3v) is 3.99. The quantitative estimate of drug-likeness (QED) is 0.729. The van der Waals surface area contributed by atoms with Crippen molar-refractivity contribution in [2.24, 2.45) is 0 Å². The molecule has 1 amide bonds. The first-order chi connectivity index (χ1) is 12.0. The number of aromatic hydroxyl groups is 1. The number of hydrogen-bond donors (Lipinski definition) is 1. The number of fused-ring (bicyclic) bond motifs is 1. The number of nitrogens with zero attached hydrogens (tertiary/aromatic N) is 4. The average molecular weight is 355 g/mol. The highest BCUT2D eigenvalue weighted by Crippen LogP contribution is 2.31. The average Bonchev–Trinajstić information content (AvgIpc) is 2.98. The second-order valence-corrected chi connectivity index (χ2v) is 5.63. The Bertz CT molecular complexity index is 1050. The minimum absolute atomic E-state index is 0.0701. The molecule has 124 valence electrons. The molecular weight excluding hydrogens is 344 g/mol. The summed E-state index contributed by atoms with van der Waals surface area (Å²) in [5.74, 6) is -0.556. The second kappa shape index (κ2) is 6.26. The number of aldehydes is 1. The van der Waals surface area contributed by atoms with Gasteiger partial charge in [0.1, 0.15) is 22.9 Å². The number of carbonyl (C=O) groups is 2. The molecule has 8 heteroatoms. The molecule has 0 aliphatic carbocycles. The van der Waals surface area contributed by atoms with Gasteiger partial charge in [-0.2, -0.15) is 5.26 Å². The number of amides is 1. The summed E-state index contributed by atoms with van der Waals surface area (Å²) in [6.07, 6.45) is 1.87. The fraction of sp³-hybridized carbons (Fsp3) is 0.0588. The number of anilines is 1. The Kier molecular flexibility index (Phi) is 4.13. The van der Waals surface area contributed by atoms with E-state index in [4.69, 9.17) is 11.6 Å². The number of rotatable bonds is 3. The molecule has 7 nitrogen and oxygen atoms in total. The van der Waals surface area contributed by atoms with Crippen molar-refractivity contribution in [1.29, 1.82) is 5.26 Å². The van der Waals surface area contributed by atoms with E-state index in [9.17, 15) is 20.0 Å². The Morgan fingerprint density at radius 3 is 2.84 bits per heavy atom. The normalized spacial score (nSPS) is 10.4. The maximum Gasteiger partial charge on any atom is 0.259 e. The molecule has 3 rings (SSSR count). The molecule has 2 heterocycles. The zero-order chi connectivity index (χ0) is 18.1. The summed E-state index contributed by atoms with van der Waals surface area (Å²) in [7, 11) is 1.44. The smallest absolute Gasteiger partial charge is 0.259 e. The highest BCUT2D eigenvalue weighted by Gasteiger charge is 2.24. The van der Waals surface area contributed by atoms with Crippen LogP contribution in [0.15, 0.2) is 36.5 Å². The zero-order valence-electron chi connectivity index (χ0n) is 13.0.